The van der Waals surface area contributed by atoms with E-state index in [1.807, 2.05) is 11.3 Å². The number of rotatable bonds is 3. The van der Waals surface area contributed by atoms with E-state index in [-0.39, 0.29) is 5.41 Å². The van der Waals surface area contributed by atoms with Gasteiger partial charge >= 0.3 is 0 Å². The van der Waals surface area contributed by atoms with Gasteiger partial charge in [-0.05, 0) is 31.4 Å². The number of hydrogen-bond donors (Lipinski definition) is 0. The quantitative estimate of drug-likeness (QED) is 0.767. The summed E-state index contributed by atoms with van der Waals surface area (Å²) in [6, 6.07) is 9.01. The van der Waals surface area contributed by atoms with Crippen LogP contribution in [0.5, 0.6) is 0 Å². The maximum Gasteiger partial charge on any atom is 0.0988 e. The molecule has 118 valence electrons. The normalized spacial score (nSPS) is 15.5. The number of thiazole rings is 1. The smallest absolute Gasteiger partial charge is 0.0988 e. The minimum Gasteiger partial charge on any atom is -0.372 e. The summed E-state index contributed by atoms with van der Waals surface area (Å²) >= 11 is 1.87. The largest absolute Gasteiger partial charge is 0.372 e. The zero-order chi connectivity index (χ0) is 15.7. The van der Waals surface area contributed by atoms with E-state index in [4.69, 9.17) is 4.98 Å². The van der Waals surface area contributed by atoms with Crippen LogP contribution in [0.2, 0.25) is 0 Å². The minimum absolute atomic E-state index is 0.127. The molecule has 1 saturated heterocycles. The highest BCUT2D eigenvalue weighted by molar-refractivity contribution is 7.12. The molecule has 0 saturated carbocycles. The Morgan fingerprint density at radius 2 is 1.73 bits per heavy atom. The van der Waals surface area contributed by atoms with Crippen LogP contribution in [-0.4, -0.2) is 18.1 Å². The Labute approximate surface area is 138 Å². The van der Waals surface area contributed by atoms with E-state index in [9.17, 15) is 0 Å². The second-order valence-electron chi connectivity index (χ2n) is 7.14. The van der Waals surface area contributed by atoms with Crippen molar-refractivity contribution in [2.45, 2.75) is 52.4 Å². The van der Waals surface area contributed by atoms with E-state index in [2.05, 4.69) is 56.9 Å². The lowest BCUT2D eigenvalue weighted by Crippen LogP contribution is -2.17. The fourth-order valence-corrected chi connectivity index (χ4v) is 4.02. The van der Waals surface area contributed by atoms with E-state index in [0.717, 1.165) is 6.42 Å². The Kier molecular flexibility index (Phi) is 4.26. The van der Waals surface area contributed by atoms with Crippen LogP contribution in [0.25, 0.3) is 11.3 Å². The molecule has 0 radical (unpaired) electrons. The second kappa shape index (κ2) is 6.04. The molecule has 3 rings (SSSR count). The summed E-state index contributed by atoms with van der Waals surface area (Å²) in [5, 5.41) is 1.24. The van der Waals surface area contributed by atoms with Crippen molar-refractivity contribution in [3.63, 3.8) is 0 Å². The summed E-state index contributed by atoms with van der Waals surface area (Å²) in [6.07, 6.45) is 3.70. The molecule has 1 aromatic carbocycles. The summed E-state index contributed by atoms with van der Waals surface area (Å²) in [6.45, 7) is 11.3. The van der Waals surface area contributed by atoms with Gasteiger partial charge in [0.15, 0.2) is 0 Å². The van der Waals surface area contributed by atoms with Crippen molar-refractivity contribution in [1.29, 1.82) is 0 Å². The van der Waals surface area contributed by atoms with Crippen LogP contribution in [0.4, 0.5) is 5.69 Å². The van der Waals surface area contributed by atoms with Crippen molar-refractivity contribution < 1.29 is 0 Å². The lowest BCUT2D eigenvalue weighted by Gasteiger charge is -2.17. The predicted molar refractivity (Wildman–Crippen MR) is 97.1 cm³/mol. The van der Waals surface area contributed by atoms with Gasteiger partial charge in [-0.3, -0.25) is 0 Å². The average Bonchev–Trinajstić information content (AvgIpc) is 3.16. The van der Waals surface area contributed by atoms with Gasteiger partial charge in [-0.15, -0.1) is 11.3 Å². The van der Waals surface area contributed by atoms with E-state index in [1.165, 1.54) is 52.8 Å². The third-order valence-corrected chi connectivity index (χ3v) is 5.90. The molecule has 0 aliphatic carbocycles. The van der Waals surface area contributed by atoms with Gasteiger partial charge in [0.2, 0.25) is 0 Å². The van der Waals surface area contributed by atoms with Gasteiger partial charge in [0, 0.05) is 34.6 Å². The first kappa shape index (κ1) is 15.5. The molecule has 0 atom stereocenters. The highest BCUT2D eigenvalue weighted by Crippen LogP contribution is 2.35. The number of anilines is 1. The average molecular weight is 314 g/mol. The minimum atomic E-state index is 0.127. The van der Waals surface area contributed by atoms with Crippen LogP contribution in [0.1, 0.15) is 50.4 Å². The van der Waals surface area contributed by atoms with Crippen molar-refractivity contribution in [3.8, 4) is 11.3 Å². The predicted octanol–water partition coefficient (Wildman–Crippen LogP) is 5.27. The third kappa shape index (κ3) is 3.05. The fourth-order valence-electron chi connectivity index (χ4n) is 2.94. The van der Waals surface area contributed by atoms with Crippen LogP contribution >= 0.6 is 11.3 Å². The van der Waals surface area contributed by atoms with Crippen LogP contribution in [0, 0.1) is 0 Å². The number of aryl methyl sites for hydroxylation is 1. The van der Waals surface area contributed by atoms with Crippen LogP contribution in [-0.2, 0) is 11.8 Å². The number of hydrogen-bond acceptors (Lipinski definition) is 3. The molecule has 0 amide bonds. The lowest BCUT2D eigenvalue weighted by molar-refractivity contribution is 0.586. The van der Waals surface area contributed by atoms with Gasteiger partial charge in [-0.25, -0.2) is 4.98 Å². The SMILES string of the molecule is CCc1sc(C(C)(C)C)nc1-c1ccc(N2CCCC2)cc1. The monoisotopic (exact) mass is 314 g/mol. The lowest BCUT2D eigenvalue weighted by atomic mass is 9.98. The van der Waals surface area contributed by atoms with Gasteiger partial charge < -0.3 is 4.90 Å². The third-order valence-electron chi connectivity index (χ3n) is 4.27. The number of aromatic nitrogens is 1. The van der Waals surface area contributed by atoms with E-state index >= 15 is 0 Å². The molecule has 0 N–H and O–H groups in total. The molecule has 22 heavy (non-hydrogen) atoms. The van der Waals surface area contributed by atoms with E-state index in [0.29, 0.717) is 0 Å². The van der Waals surface area contributed by atoms with Gasteiger partial charge in [0.05, 0.1) is 10.7 Å². The van der Waals surface area contributed by atoms with Gasteiger partial charge in [-0.2, -0.15) is 0 Å². The molecule has 3 heteroatoms. The van der Waals surface area contributed by atoms with Crippen LogP contribution in [0.3, 0.4) is 0 Å². The number of nitrogens with zero attached hydrogens (tertiary/aromatic N) is 2. The van der Waals surface area contributed by atoms with Crippen LogP contribution < -0.4 is 4.90 Å². The fraction of sp³-hybridized carbons (Fsp3) is 0.526. The zero-order valence-corrected chi connectivity index (χ0v) is 15.0. The molecule has 1 aliphatic heterocycles. The summed E-state index contributed by atoms with van der Waals surface area (Å²) in [4.78, 5) is 8.83. The zero-order valence-electron chi connectivity index (χ0n) is 14.1. The maximum absolute atomic E-state index is 4.95. The summed E-state index contributed by atoms with van der Waals surface area (Å²) in [5.74, 6) is 0. The topological polar surface area (TPSA) is 16.1 Å². The summed E-state index contributed by atoms with van der Waals surface area (Å²) in [5.41, 5.74) is 3.92. The molecule has 1 aliphatic rings. The molecule has 2 nitrogen and oxygen atoms in total. The van der Waals surface area contributed by atoms with Crippen molar-refractivity contribution in [2.75, 3.05) is 18.0 Å². The van der Waals surface area contributed by atoms with E-state index < -0.39 is 0 Å². The van der Waals surface area contributed by atoms with Crippen LogP contribution in [0.15, 0.2) is 24.3 Å². The maximum atomic E-state index is 4.95. The Bertz CT molecular complexity index is 628. The molecule has 0 unspecified atom stereocenters. The highest BCUT2D eigenvalue weighted by atomic mass is 32.1. The summed E-state index contributed by atoms with van der Waals surface area (Å²) < 4.78 is 0. The Morgan fingerprint density at radius 1 is 1.09 bits per heavy atom. The van der Waals surface area contributed by atoms with Gasteiger partial charge in [0.1, 0.15) is 0 Å². The van der Waals surface area contributed by atoms with Crippen molar-refractivity contribution in [3.05, 3.63) is 34.2 Å². The first-order valence-corrected chi connectivity index (χ1v) is 9.16. The molecule has 0 bridgehead atoms. The standard InChI is InChI=1S/C19H26N2S/c1-5-16-17(20-18(22-16)19(2,3)4)14-8-10-15(11-9-14)21-12-6-7-13-21/h8-11H,5-7,12-13H2,1-4H3. The first-order valence-electron chi connectivity index (χ1n) is 8.34. The van der Waals surface area contributed by atoms with Gasteiger partial charge in [0.25, 0.3) is 0 Å². The first-order chi connectivity index (χ1) is 10.5. The molecule has 1 aromatic heterocycles. The van der Waals surface area contributed by atoms with Crippen molar-refractivity contribution in [1.82, 2.24) is 4.98 Å². The van der Waals surface area contributed by atoms with Crippen molar-refractivity contribution >= 4 is 17.0 Å². The van der Waals surface area contributed by atoms with E-state index in [1.54, 1.807) is 0 Å². The summed E-state index contributed by atoms with van der Waals surface area (Å²) in [7, 11) is 0. The molecule has 0 spiro atoms. The molecular formula is C19H26N2S. The molecule has 2 aromatic rings. The van der Waals surface area contributed by atoms with Crippen molar-refractivity contribution in [2.24, 2.45) is 0 Å². The molecular weight excluding hydrogens is 288 g/mol. The number of benzene rings is 1. The Hall–Kier alpha value is -1.35. The highest BCUT2D eigenvalue weighted by Gasteiger charge is 2.21. The second-order valence-corrected chi connectivity index (χ2v) is 8.22. The van der Waals surface area contributed by atoms with Gasteiger partial charge in [-0.1, -0.05) is 39.8 Å². The Morgan fingerprint density at radius 3 is 2.27 bits per heavy atom. The Balaban J connectivity index is 1.91. The molecule has 1 fully saturated rings. The molecule has 2 heterocycles.